The molecule has 1 aromatic rings. The SMILES string of the molecule is OB(O)c1cccc[c]1[Au]. The van der Waals surface area contributed by atoms with Crippen molar-refractivity contribution >= 4 is 16.4 Å². The van der Waals surface area contributed by atoms with Gasteiger partial charge in [0.15, 0.2) is 0 Å². The molecule has 0 saturated heterocycles. The summed E-state index contributed by atoms with van der Waals surface area (Å²) >= 11 is 2.24. The third-order valence-corrected chi connectivity index (χ3v) is 2.14. The molecule has 0 fully saturated rings. The van der Waals surface area contributed by atoms with Crippen LogP contribution in [0.25, 0.3) is 0 Å². The van der Waals surface area contributed by atoms with Gasteiger partial charge in [-0.15, -0.1) is 0 Å². The molecule has 0 radical (unpaired) electrons. The minimum absolute atomic E-state index is 0.547. The van der Waals surface area contributed by atoms with E-state index >= 15 is 0 Å². The molecule has 0 unspecified atom stereocenters. The predicted octanol–water partition coefficient (Wildman–Crippen LogP) is -1.46. The summed E-state index contributed by atoms with van der Waals surface area (Å²) in [5.41, 5.74) is 0.547. The monoisotopic (exact) mass is 318 g/mol. The normalized spacial score (nSPS) is 9.60. The van der Waals surface area contributed by atoms with Crippen LogP contribution in [0.4, 0.5) is 0 Å². The van der Waals surface area contributed by atoms with Gasteiger partial charge in [0.25, 0.3) is 0 Å². The van der Waals surface area contributed by atoms with Gasteiger partial charge in [0.1, 0.15) is 0 Å². The van der Waals surface area contributed by atoms with Crippen molar-refractivity contribution in [2.24, 2.45) is 0 Å². The molecule has 0 atom stereocenters. The second-order valence-corrected chi connectivity index (χ2v) is 3.02. The van der Waals surface area contributed by atoms with Gasteiger partial charge in [-0.3, -0.25) is 0 Å². The molecule has 0 bridgehead atoms. The maximum atomic E-state index is 8.75. The quantitative estimate of drug-likeness (QED) is 0.622. The van der Waals surface area contributed by atoms with Crippen molar-refractivity contribution < 1.29 is 31.1 Å². The topological polar surface area (TPSA) is 40.5 Å². The second-order valence-electron chi connectivity index (χ2n) is 1.85. The molecule has 0 aliphatic carbocycles. The van der Waals surface area contributed by atoms with Crippen LogP contribution in [-0.4, -0.2) is 17.2 Å². The number of benzene rings is 1. The Morgan fingerprint density at radius 1 is 1.20 bits per heavy atom. The first-order chi connectivity index (χ1) is 4.72. The van der Waals surface area contributed by atoms with E-state index in [1.807, 2.05) is 12.1 Å². The van der Waals surface area contributed by atoms with E-state index in [0.29, 0.717) is 5.46 Å². The molecule has 0 heterocycles. The molecule has 0 aromatic heterocycles. The molecule has 2 N–H and O–H groups in total. The molecule has 0 saturated carbocycles. The summed E-state index contributed by atoms with van der Waals surface area (Å²) in [4.78, 5) is 0. The van der Waals surface area contributed by atoms with Gasteiger partial charge >= 0.3 is 71.7 Å². The van der Waals surface area contributed by atoms with E-state index in [1.54, 1.807) is 12.1 Å². The molecule has 1 rings (SSSR count). The van der Waals surface area contributed by atoms with Crippen molar-refractivity contribution in [2.75, 3.05) is 0 Å². The summed E-state index contributed by atoms with van der Waals surface area (Å²) in [5, 5.41) is 17.5. The molecule has 4 heteroatoms. The molecule has 0 amide bonds. The van der Waals surface area contributed by atoms with Crippen LogP contribution in [-0.2, 0) is 21.1 Å². The molecule has 0 aliphatic rings. The van der Waals surface area contributed by atoms with Crippen molar-refractivity contribution in [1.82, 2.24) is 0 Å². The van der Waals surface area contributed by atoms with Crippen molar-refractivity contribution in [3.05, 3.63) is 24.3 Å². The summed E-state index contributed by atoms with van der Waals surface area (Å²) in [5.74, 6) is 0. The Bertz CT molecular complexity index is 227. The molecular weight excluding hydrogens is 312 g/mol. The van der Waals surface area contributed by atoms with Crippen molar-refractivity contribution in [2.45, 2.75) is 0 Å². The standard InChI is InChI=1S/C6H6BO2.Au/c8-7(9)6-4-2-1-3-5-6;/h1-4,8-9H;. The zero-order valence-corrected chi connectivity index (χ0v) is 7.25. The fraction of sp³-hybridized carbons (Fsp3) is 0. The van der Waals surface area contributed by atoms with E-state index in [-0.39, 0.29) is 0 Å². The van der Waals surface area contributed by atoms with Crippen molar-refractivity contribution in [3.8, 4) is 0 Å². The van der Waals surface area contributed by atoms with Crippen molar-refractivity contribution in [1.29, 1.82) is 0 Å². The number of hydrogen-bond acceptors (Lipinski definition) is 2. The van der Waals surface area contributed by atoms with Crippen molar-refractivity contribution in [3.63, 3.8) is 0 Å². The van der Waals surface area contributed by atoms with E-state index in [4.69, 9.17) is 10.0 Å². The Balaban J connectivity index is 3.03. The maximum absolute atomic E-state index is 8.75. The third kappa shape index (κ3) is 1.72. The first-order valence-corrected chi connectivity index (χ1v) is 3.87. The summed E-state index contributed by atoms with van der Waals surface area (Å²) < 4.78 is 0.845. The Morgan fingerprint density at radius 3 is 2.20 bits per heavy atom. The summed E-state index contributed by atoms with van der Waals surface area (Å²) in [6, 6.07) is 7.12. The summed E-state index contributed by atoms with van der Waals surface area (Å²) in [6.45, 7) is 0. The van der Waals surface area contributed by atoms with E-state index < -0.39 is 7.12 Å². The number of hydrogen-bond donors (Lipinski definition) is 2. The fourth-order valence-corrected chi connectivity index (χ4v) is 1.33. The Hall–Kier alpha value is -0.0548. The van der Waals surface area contributed by atoms with E-state index in [2.05, 4.69) is 21.1 Å². The van der Waals surface area contributed by atoms with Crippen LogP contribution in [0.3, 0.4) is 0 Å². The molecule has 56 valence electrons. The van der Waals surface area contributed by atoms with Crippen LogP contribution in [0.5, 0.6) is 0 Å². The van der Waals surface area contributed by atoms with Crippen LogP contribution in [0.2, 0.25) is 0 Å². The van der Waals surface area contributed by atoms with Gasteiger partial charge in [-0.1, -0.05) is 0 Å². The van der Waals surface area contributed by atoms with E-state index in [9.17, 15) is 0 Å². The van der Waals surface area contributed by atoms with Crippen LogP contribution in [0, 0.1) is 0 Å². The van der Waals surface area contributed by atoms with Gasteiger partial charge in [0, 0.05) is 0 Å². The third-order valence-electron chi connectivity index (χ3n) is 1.15. The Labute approximate surface area is 71.9 Å². The van der Waals surface area contributed by atoms with Gasteiger partial charge < -0.3 is 0 Å². The van der Waals surface area contributed by atoms with Gasteiger partial charge in [-0.25, -0.2) is 0 Å². The molecule has 0 spiro atoms. The van der Waals surface area contributed by atoms with Gasteiger partial charge in [0.2, 0.25) is 0 Å². The average Bonchev–Trinajstić information content (AvgIpc) is 1.88. The Morgan fingerprint density at radius 2 is 1.80 bits per heavy atom. The van der Waals surface area contributed by atoms with E-state index in [0.717, 1.165) is 3.78 Å². The first-order valence-electron chi connectivity index (χ1n) is 2.78. The Kier molecular flexibility index (Phi) is 2.71. The van der Waals surface area contributed by atoms with Gasteiger partial charge in [-0.2, -0.15) is 0 Å². The predicted molar refractivity (Wildman–Crippen MR) is 35.9 cm³/mol. The fourth-order valence-electron chi connectivity index (χ4n) is 0.661. The van der Waals surface area contributed by atoms with E-state index in [1.165, 1.54) is 0 Å². The average molecular weight is 318 g/mol. The molecular formula is C6H6AuBO2. The van der Waals surface area contributed by atoms with Gasteiger partial charge in [-0.05, 0) is 0 Å². The van der Waals surface area contributed by atoms with Crippen LogP contribution in [0.15, 0.2) is 24.3 Å². The second kappa shape index (κ2) is 3.37. The molecule has 1 aromatic carbocycles. The summed E-state index contributed by atoms with van der Waals surface area (Å²) in [7, 11) is -1.36. The minimum atomic E-state index is -1.36. The molecule has 10 heavy (non-hydrogen) atoms. The van der Waals surface area contributed by atoms with Crippen LogP contribution >= 0.6 is 0 Å². The zero-order chi connectivity index (χ0) is 7.56. The summed E-state index contributed by atoms with van der Waals surface area (Å²) in [6.07, 6.45) is 0. The molecule has 2 nitrogen and oxygen atoms in total. The van der Waals surface area contributed by atoms with Gasteiger partial charge in [0.05, 0.1) is 0 Å². The zero-order valence-electron chi connectivity index (χ0n) is 5.08. The first kappa shape index (κ1) is 8.05. The van der Waals surface area contributed by atoms with Crippen LogP contribution in [0.1, 0.15) is 0 Å². The number of rotatable bonds is 1. The van der Waals surface area contributed by atoms with Crippen LogP contribution < -0.4 is 9.24 Å². The molecule has 0 aliphatic heterocycles.